The monoisotopic (exact) mass is 265 g/mol. The quantitative estimate of drug-likeness (QED) is 0.553. The number of amides is 1. The summed E-state index contributed by atoms with van der Waals surface area (Å²) in [6.07, 6.45) is 0.456. The Kier molecular flexibility index (Phi) is 6.92. The zero-order chi connectivity index (χ0) is 14.1. The number of hydrogen-bond acceptors (Lipinski definition) is 4. The minimum Gasteiger partial charge on any atom is -0.399 e. The minimum atomic E-state index is -0.00569. The Morgan fingerprint density at radius 3 is 2.89 bits per heavy atom. The number of likely N-dealkylation sites (N-methyl/N-ethyl adjacent to an activating group) is 1. The van der Waals surface area contributed by atoms with Crippen molar-refractivity contribution in [2.24, 2.45) is 0 Å². The van der Waals surface area contributed by atoms with Crippen molar-refractivity contribution in [2.45, 2.75) is 13.3 Å². The van der Waals surface area contributed by atoms with Gasteiger partial charge in [-0.1, -0.05) is 6.07 Å². The maximum atomic E-state index is 11.7. The van der Waals surface area contributed by atoms with Crippen LogP contribution in [0.5, 0.6) is 0 Å². The number of ether oxygens (including phenoxy) is 1. The summed E-state index contributed by atoms with van der Waals surface area (Å²) >= 11 is 0. The third-order valence-corrected chi connectivity index (χ3v) is 2.71. The van der Waals surface area contributed by atoms with Crippen LogP contribution in [0.2, 0.25) is 0 Å². The third kappa shape index (κ3) is 6.79. The predicted molar refractivity (Wildman–Crippen MR) is 78.1 cm³/mol. The Bertz CT molecular complexity index is 396. The first-order valence-corrected chi connectivity index (χ1v) is 6.53. The molecule has 0 heterocycles. The van der Waals surface area contributed by atoms with Gasteiger partial charge >= 0.3 is 0 Å². The number of nitrogen functional groups attached to an aromatic ring is 1. The van der Waals surface area contributed by atoms with Gasteiger partial charge in [0.15, 0.2) is 0 Å². The van der Waals surface area contributed by atoms with E-state index in [1.54, 1.807) is 12.1 Å². The van der Waals surface area contributed by atoms with Crippen molar-refractivity contribution in [3.63, 3.8) is 0 Å². The topological polar surface area (TPSA) is 67.6 Å². The van der Waals surface area contributed by atoms with E-state index in [1.165, 1.54) is 0 Å². The summed E-state index contributed by atoms with van der Waals surface area (Å²) in [6.45, 7) is 4.94. The van der Waals surface area contributed by atoms with Gasteiger partial charge in [-0.05, 0) is 32.2 Å². The molecule has 0 saturated carbocycles. The van der Waals surface area contributed by atoms with E-state index in [1.807, 2.05) is 26.1 Å². The average Bonchev–Trinajstić information content (AvgIpc) is 2.37. The molecule has 5 heteroatoms. The molecule has 0 saturated heterocycles. The van der Waals surface area contributed by atoms with Crippen LogP contribution in [0.15, 0.2) is 24.3 Å². The Labute approximate surface area is 114 Å². The third-order valence-electron chi connectivity index (χ3n) is 2.71. The van der Waals surface area contributed by atoms with Crippen molar-refractivity contribution >= 4 is 17.3 Å². The van der Waals surface area contributed by atoms with Gasteiger partial charge < -0.3 is 20.7 Å². The first kappa shape index (κ1) is 15.5. The maximum absolute atomic E-state index is 11.7. The Hall–Kier alpha value is -1.59. The van der Waals surface area contributed by atoms with Crippen LogP contribution in [0.25, 0.3) is 0 Å². The van der Waals surface area contributed by atoms with Crippen molar-refractivity contribution in [1.29, 1.82) is 0 Å². The van der Waals surface area contributed by atoms with Gasteiger partial charge in [0.2, 0.25) is 5.91 Å². The van der Waals surface area contributed by atoms with Gasteiger partial charge in [-0.25, -0.2) is 0 Å². The number of benzene rings is 1. The molecule has 0 spiro atoms. The van der Waals surface area contributed by atoms with Gasteiger partial charge in [0.25, 0.3) is 0 Å². The molecule has 0 unspecified atom stereocenters. The number of nitrogens with two attached hydrogens (primary N) is 1. The normalized spacial score (nSPS) is 10.7. The van der Waals surface area contributed by atoms with Gasteiger partial charge in [0.1, 0.15) is 0 Å². The number of carbonyl (C=O) groups excluding carboxylic acids is 1. The van der Waals surface area contributed by atoms with E-state index < -0.39 is 0 Å². The number of nitrogens with one attached hydrogen (secondary N) is 1. The molecule has 0 fully saturated rings. The van der Waals surface area contributed by atoms with Crippen LogP contribution in [0, 0.1) is 0 Å². The second-order valence-electron chi connectivity index (χ2n) is 4.42. The van der Waals surface area contributed by atoms with E-state index in [0.717, 1.165) is 18.8 Å². The van der Waals surface area contributed by atoms with E-state index in [2.05, 4.69) is 10.2 Å². The van der Waals surface area contributed by atoms with Crippen LogP contribution in [0.3, 0.4) is 0 Å². The summed E-state index contributed by atoms with van der Waals surface area (Å²) in [6, 6.07) is 7.18. The van der Waals surface area contributed by atoms with Gasteiger partial charge in [-0.3, -0.25) is 4.79 Å². The molecule has 0 aliphatic heterocycles. The van der Waals surface area contributed by atoms with Gasteiger partial charge in [-0.2, -0.15) is 0 Å². The highest BCUT2D eigenvalue weighted by molar-refractivity contribution is 5.91. The molecule has 1 amide bonds. The Morgan fingerprint density at radius 1 is 1.42 bits per heavy atom. The fourth-order valence-corrected chi connectivity index (χ4v) is 1.61. The number of rotatable bonds is 8. The molecular weight excluding hydrogens is 242 g/mol. The van der Waals surface area contributed by atoms with Gasteiger partial charge in [0.05, 0.1) is 6.61 Å². The summed E-state index contributed by atoms with van der Waals surface area (Å²) < 4.78 is 5.26. The fraction of sp³-hybridized carbons (Fsp3) is 0.500. The average molecular weight is 265 g/mol. The number of hydrogen-bond donors (Lipinski definition) is 2. The number of anilines is 2. The van der Waals surface area contributed by atoms with E-state index in [4.69, 9.17) is 10.5 Å². The van der Waals surface area contributed by atoms with Crippen LogP contribution in [-0.4, -0.2) is 44.2 Å². The molecule has 19 heavy (non-hydrogen) atoms. The zero-order valence-electron chi connectivity index (χ0n) is 11.7. The standard InChI is InChI=1S/C14H23N3O2/c1-3-19-10-9-17(2)8-7-14(18)16-13-6-4-5-12(15)11-13/h4-6,11H,3,7-10,15H2,1-2H3,(H,16,18). The molecule has 0 aliphatic carbocycles. The van der Waals surface area contributed by atoms with Crippen LogP contribution >= 0.6 is 0 Å². The largest absolute Gasteiger partial charge is 0.399 e. The molecule has 0 aliphatic rings. The highest BCUT2D eigenvalue weighted by Gasteiger charge is 2.05. The van der Waals surface area contributed by atoms with Crippen molar-refractivity contribution in [1.82, 2.24) is 4.90 Å². The first-order chi connectivity index (χ1) is 9.11. The zero-order valence-corrected chi connectivity index (χ0v) is 11.7. The minimum absolute atomic E-state index is 0.00569. The van der Waals surface area contributed by atoms with Crippen LogP contribution in [0.1, 0.15) is 13.3 Å². The lowest BCUT2D eigenvalue weighted by molar-refractivity contribution is -0.116. The van der Waals surface area contributed by atoms with E-state index in [0.29, 0.717) is 25.3 Å². The van der Waals surface area contributed by atoms with Crippen LogP contribution < -0.4 is 11.1 Å². The summed E-state index contributed by atoms with van der Waals surface area (Å²) in [5.41, 5.74) is 7.03. The molecule has 5 nitrogen and oxygen atoms in total. The molecule has 3 N–H and O–H groups in total. The fourth-order valence-electron chi connectivity index (χ4n) is 1.61. The lowest BCUT2D eigenvalue weighted by atomic mass is 10.2. The van der Waals surface area contributed by atoms with Crippen molar-refractivity contribution in [3.8, 4) is 0 Å². The lowest BCUT2D eigenvalue weighted by Crippen LogP contribution is -2.27. The maximum Gasteiger partial charge on any atom is 0.225 e. The predicted octanol–water partition coefficient (Wildman–Crippen LogP) is 1.57. The highest BCUT2D eigenvalue weighted by Crippen LogP contribution is 2.11. The molecule has 106 valence electrons. The van der Waals surface area contributed by atoms with Gasteiger partial charge in [-0.15, -0.1) is 0 Å². The summed E-state index contributed by atoms with van der Waals surface area (Å²) in [4.78, 5) is 13.8. The molecule has 0 radical (unpaired) electrons. The molecule has 0 bridgehead atoms. The molecule has 0 atom stereocenters. The number of nitrogens with zero attached hydrogens (tertiary/aromatic N) is 1. The van der Waals surface area contributed by atoms with Crippen molar-refractivity contribution in [2.75, 3.05) is 44.4 Å². The Morgan fingerprint density at radius 2 is 2.21 bits per heavy atom. The second-order valence-corrected chi connectivity index (χ2v) is 4.42. The van der Waals surface area contributed by atoms with E-state index in [9.17, 15) is 4.79 Å². The summed E-state index contributed by atoms with van der Waals surface area (Å²) in [5.74, 6) is -0.00569. The SMILES string of the molecule is CCOCCN(C)CCC(=O)Nc1cccc(N)c1. The molecule has 0 aromatic heterocycles. The van der Waals surface area contributed by atoms with Crippen LogP contribution in [-0.2, 0) is 9.53 Å². The summed E-state index contributed by atoms with van der Waals surface area (Å²) in [7, 11) is 1.98. The lowest BCUT2D eigenvalue weighted by Gasteiger charge is -2.16. The van der Waals surface area contributed by atoms with Gasteiger partial charge in [0, 0.05) is 37.5 Å². The van der Waals surface area contributed by atoms with Crippen LogP contribution in [0.4, 0.5) is 11.4 Å². The number of carbonyl (C=O) groups is 1. The molecule has 1 rings (SSSR count). The first-order valence-electron chi connectivity index (χ1n) is 6.53. The molecule has 1 aromatic rings. The van der Waals surface area contributed by atoms with E-state index >= 15 is 0 Å². The second kappa shape index (κ2) is 8.50. The van der Waals surface area contributed by atoms with E-state index in [-0.39, 0.29) is 5.91 Å². The highest BCUT2D eigenvalue weighted by atomic mass is 16.5. The molecular formula is C14H23N3O2. The van der Waals surface area contributed by atoms with Crippen molar-refractivity contribution in [3.05, 3.63) is 24.3 Å². The van der Waals surface area contributed by atoms with Crippen molar-refractivity contribution < 1.29 is 9.53 Å². The smallest absolute Gasteiger partial charge is 0.225 e. The molecule has 1 aromatic carbocycles. The Balaban J connectivity index is 2.24. The summed E-state index contributed by atoms with van der Waals surface area (Å²) in [5, 5.41) is 2.83.